The second-order valence-electron chi connectivity index (χ2n) is 3.07. The summed E-state index contributed by atoms with van der Waals surface area (Å²) in [6, 6.07) is 1.13. The third kappa shape index (κ3) is 4.82. The molecule has 0 aliphatic heterocycles. The van der Waals surface area contributed by atoms with E-state index in [-0.39, 0.29) is 57.5 Å². The maximum absolute atomic E-state index is 12.3. The Kier molecular flexibility index (Phi) is 6.07. The Morgan fingerprint density at radius 1 is 1.06 bits per heavy atom. The minimum Gasteiger partial charge on any atom is -0.497 e. The van der Waals surface area contributed by atoms with Gasteiger partial charge in [-0.1, -0.05) is 6.07 Å². The van der Waals surface area contributed by atoms with Crippen LogP contribution in [0.3, 0.4) is 0 Å². The normalized spacial score (nSPS) is 11.9. The van der Waals surface area contributed by atoms with Gasteiger partial charge in [0.2, 0.25) is 0 Å². The van der Waals surface area contributed by atoms with Crippen LogP contribution >= 0.6 is 0 Å². The van der Waals surface area contributed by atoms with E-state index in [0.29, 0.717) is 12.1 Å². The molecule has 0 aliphatic rings. The molecule has 0 saturated heterocycles. The van der Waals surface area contributed by atoms with Gasteiger partial charge in [0.25, 0.3) is 0 Å². The molecule has 17 heavy (non-hydrogen) atoms. The summed E-state index contributed by atoms with van der Waals surface area (Å²) in [4.78, 5) is 0. The van der Waals surface area contributed by atoms with Gasteiger partial charge in [0.15, 0.2) is 0 Å². The smallest absolute Gasteiger partial charge is 0.497 e. The Morgan fingerprint density at radius 2 is 1.59 bits per heavy atom. The van der Waals surface area contributed by atoms with Gasteiger partial charge >= 0.3 is 64.5 Å². The standard InChI is InChI=1S/C8H6BF6O.K/c1-16-7-3-5(8(10,11)12)2-6(4-7)9(13,14)15;/h2-4H,1H3;/q-1;+1. The van der Waals surface area contributed by atoms with E-state index >= 15 is 0 Å². The quantitative estimate of drug-likeness (QED) is 0.538. The maximum Gasteiger partial charge on any atom is 1.00 e. The van der Waals surface area contributed by atoms with E-state index in [1.54, 1.807) is 0 Å². The fourth-order valence-corrected chi connectivity index (χ4v) is 1.09. The van der Waals surface area contributed by atoms with E-state index in [9.17, 15) is 26.1 Å². The first-order valence-electron chi connectivity index (χ1n) is 4.10. The average Bonchev–Trinajstić information content (AvgIpc) is 2.14. The summed E-state index contributed by atoms with van der Waals surface area (Å²) in [6.07, 6.45) is -4.83. The van der Waals surface area contributed by atoms with Crippen LogP contribution < -0.4 is 61.6 Å². The van der Waals surface area contributed by atoms with Gasteiger partial charge in [0.05, 0.1) is 12.7 Å². The molecule has 0 unspecified atom stereocenters. The second-order valence-corrected chi connectivity index (χ2v) is 3.07. The number of benzene rings is 1. The van der Waals surface area contributed by atoms with Gasteiger partial charge in [-0.3, -0.25) is 0 Å². The molecule has 0 aliphatic carbocycles. The molecule has 0 aromatic heterocycles. The van der Waals surface area contributed by atoms with Crippen molar-refractivity contribution in [2.24, 2.45) is 0 Å². The Balaban J connectivity index is 0.00000256. The molecule has 90 valence electrons. The van der Waals surface area contributed by atoms with Crippen LogP contribution in [-0.4, -0.2) is 14.1 Å². The van der Waals surface area contributed by atoms with Crippen LogP contribution in [0.2, 0.25) is 0 Å². The van der Waals surface area contributed by atoms with Crippen molar-refractivity contribution < 1.29 is 82.2 Å². The van der Waals surface area contributed by atoms with E-state index in [0.717, 1.165) is 7.11 Å². The molecule has 9 heteroatoms. The van der Waals surface area contributed by atoms with Crippen molar-refractivity contribution in [3.8, 4) is 5.75 Å². The largest absolute Gasteiger partial charge is 1.00 e. The van der Waals surface area contributed by atoms with Gasteiger partial charge in [0.1, 0.15) is 5.75 Å². The number of ether oxygens (including phenoxy) is 1. The van der Waals surface area contributed by atoms with Gasteiger partial charge in [-0.2, -0.15) is 13.2 Å². The van der Waals surface area contributed by atoms with Crippen molar-refractivity contribution in [1.29, 1.82) is 0 Å². The SMILES string of the molecule is COc1cc([B-](F)(F)F)cc(C(F)(F)F)c1.[K+]. The zero-order chi connectivity index (χ0) is 12.6. The molecule has 0 N–H and O–H groups in total. The van der Waals surface area contributed by atoms with Crippen molar-refractivity contribution in [3.05, 3.63) is 23.8 Å². The summed E-state index contributed by atoms with van der Waals surface area (Å²) in [5.41, 5.74) is -2.70. The summed E-state index contributed by atoms with van der Waals surface area (Å²) in [5, 5.41) is 0. The zero-order valence-electron chi connectivity index (χ0n) is 8.99. The van der Waals surface area contributed by atoms with Crippen LogP contribution in [0.1, 0.15) is 5.56 Å². The van der Waals surface area contributed by atoms with E-state index in [2.05, 4.69) is 4.74 Å². The summed E-state index contributed by atoms with van der Waals surface area (Å²) in [5.74, 6) is -0.468. The molecule has 0 fully saturated rings. The average molecular weight is 282 g/mol. The molecule has 0 bridgehead atoms. The predicted molar refractivity (Wildman–Crippen MR) is 46.7 cm³/mol. The van der Waals surface area contributed by atoms with Gasteiger partial charge in [-0.05, 0) is 12.1 Å². The number of rotatable bonds is 2. The predicted octanol–water partition coefficient (Wildman–Crippen LogP) is -0.228. The van der Waals surface area contributed by atoms with E-state index in [4.69, 9.17) is 0 Å². The zero-order valence-corrected chi connectivity index (χ0v) is 12.1. The molecule has 1 nitrogen and oxygen atoms in total. The first kappa shape index (κ1) is 17.3. The topological polar surface area (TPSA) is 9.23 Å². The Hall–Kier alpha value is 0.301. The van der Waals surface area contributed by atoms with Crippen LogP contribution in [0.4, 0.5) is 26.1 Å². The molecular weight excluding hydrogens is 276 g/mol. The molecule has 0 radical (unpaired) electrons. The summed E-state index contributed by atoms with van der Waals surface area (Å²) in [6.45, 7) is -5.48. The molecule has 1 aromatic carbocycles. The number of methoxy groups -OCH3 is 1. The van der Waals surface area contributed by atoms with E-state index in [1.165, 1.54) is 0 Å². The minimum absolute atomic E-state index is 0. The molecule has 0 heterocycles. The molecule has 1 rings (SSSR count). The molecule has 0 saturated carbocycles. The first-order chi connectivity index (χ1) is 7.14. The van der Waals surface area contributed by atoms with Gasteiger partial charge in [-0.15, -0.1) is 5.46 Å². The van der Waals surface area contributed by atoms with Crippen molar-refractivity contribution in [1.82, 2.24) is 0 Å². The van der Waals surface area contributed by atoms with Crippen molar-refractivity contribution in [2.75, 3.05) is 7.11 Å². The van der Waals surface area contributed by atoms with Gasteiger partial charge in [-0.25, -0.2) is 0 Å². The van der Waals surface area contributed by atoms with Crippen molar-refractivity contribution in [2.45, 2.75) is 6.18 Å². The Bertz CT molecular complexity index is 356. The van der Waals surface area contributed by atoms with Gasteiger partial charge < -0.3 is 17.7 Å². The fourth-order valence-electron chi connectivity index (χ4n) is 1.09. The number of halogens is 6. The Morgan fingerprint density at radius 3 is 1.94 bits per heavy atom. The van der Waals surface area contributed by atoms with E-state index in [1.807, 2.05) is 0 Å². The minimum atomic E-state index is -5.48. The molecule has 1 aromatic rings. The molecular formula is C8H6BF6KO. The summed E-state index contributed by atoms with van der Waals surface area (Å²) >= 11 is 0. The van der Waals surface area contributed by atoms with Crippen LogP contribution in [0.15, 0.2) is 18.2 Å². The first-order valence-corrected chi connectivity index (χ1v) is 4.10. The maximum atomic E-state index is 12.3. The van der Waals surface area contributed by atoms with E-state index < -0.39 is 29.9 Å². The summed E-state index contributed by atoms with van der Waals surface area (Å²) < 4.78 is 78.1. The van der Waals surface area contributed by atoms with Crippen LogP contribution in [0, 0.1) is 0 Å². The fraction of sp³-hybridized carbons (Fsp3) is 0.250. The van der Waals surface area contributed by atoms with Crippen LogP contribution in [0.25, 0.3) is 0 Å². The molecule has 0 atom stereocenters. The third-order valence-electron chi connectivity index (χ3n) is 1.87. The summed E-state index contributed by atoms with van der Waals surface area (Å²) in [7, 11) is 1.00. The third-order valence-corrected chi connectivity index (χ3v) is 1.87. The Labute approximate surface area is 136 Å². The van der Waals surface area contributed by atoms with Crippen LogP contribution in [0.5, 0.6) is 5.75 Å². The van der Waals surface area contributed by atoms with Crippen LogP contribution in [-0.2, 0) is 6.18 Å². The monoisotopic (exact) mass is 282 g/mol. The van der Waals surface area contributed by atoms with Gasteiger partial charge in [0, 0.05) is 0 Å². The van der Waals surface area contributed by atoms with Crippen molar-refractivity contribution in [3.63, 3.8) is 0 Å². The van der Waals surface area contributed by atoms with Crippen molar-refractivity contribution >= 4 is 12.4 Å². The number of alkyl halides is 3. The molecule has 0 spiro atoms. The second kappa shape index (κ2) is 5.96. The molecule has 0 amide bonds. The number of hydrogen-bond donors (Lipinski definition) is 0. The number of hydrogen-bond acceptors (Lipinski definition) is 1.